The number of fused-ring (bicyclic) bond motifs is 1. The molecule has 1 aliphatic rings. The van der Waals surface area contributed by atoms with Crippen molar-refractivity contribution in [3.05, 3.63) is 75.4 Å². The number of nitrogens with zero attached hydrogens (tertiary/aromatic N) is 4. The zero-order valence-corrected chi connectivity index (χ0v) is 28.1. The quantitative estimate of drug-likeness (QED) is 0.116. The summed E-state index contributed by atoms with van der Waals surface area (Å²) in [7, 11) is 0. The Balaban J connectivity index is 1.29. The van der Waals surface area contributed by atoms with Crippen molar-refractivity contribution >= 4 is 44.4 Å². The summed E-state index contributed by atoms with van der Waals surface area (Å²) < 4.78 is 14.6. The van der Waals surface area contributed by atoms with Gasteiger partial charge in [0.25, 0.3) is 0 Å². The average molecular weight is 727 g/mol. The topological polar surface area (TPSA) is 153 Å². The minimum atomic E-state index is -1.19. The fourth-order valence-corrected chi connectivity index (χ4v) is 6.55. The summed E-state index contributed by atoms with van der Waals surface area (Å²) in [5, 5.41) is 46.1. The van der Waals surface area contributed by atoms with E-state index >= 15 is 0 Å². The number of aryl methyl sites for hydroxylation is 1. The third-order valence-corrected chi connectivity index (χ3v) is 9.44. The van der Waals surface area contributed by atoms with Crippen LogP contribution >= 0.6 is 27.5 Å². The van der Waals surface area contributed by atoms with Gasteiger partial charge in [0.15, 0.2) is 6.61 Å². The van der Waals surface area contributed by atoms with E-state index in [4.69, 9.17) is 31.4 Å². The maximum atomic E-state index is 11.3. The van der Waals surface area contributed by atoms with E-state index in [-0.39, 0.29) is 30.9 Å². The van der Waals surface area contributed by atoms with Crippen LogP contribution in [-0.4, -0.2) is 81.0 Å². The minimum absolute atomic E-state index is 0.0393. The van der Waals surface area contributed by atoms with Gasteiger partial charge in [0.05, 0.1) is 29.4 Å². The number of aliphatic carboxylic acids is 1. The third-order valence-electron chi connectivity index (χ3n) is 8.21. The van der Waals surface area contributed by atoms with Crippen molar-refractivity contribution in [2.45, 2.75) is 51.1 Å². The molecule has 0 saturated carbocycles. The fraction of sp³-hybridized carbons (Fsp3) is 0.382. The van der Waals surface area contributed by atoms with Crippen LogP contribution in [0.1, 0.15) is 30.4 Å². The highest BCUT2D eigenvalue weighted by molar-refractivity contribution is 9.10. The molecule has 2 heterocycles. The van der Waals surface area contributed by atoms with E-state index < -0.39 is 18.6 Å². The molecule has 11 nitrogen and oxygen atoms in total. The van der Waals surface area contributed by atoms with E-state index in [1.807, 2.05) is 36.5 Å². The Morgan fingerprint density at radius 2 is 1.91 bits per heavy atom. The number of aromatic nitrogens is 2. The molecule has 1 unspecified atom stereocenters. The normalized spacial score (nSPS) is 15.5. The molecule has 0 aliphatic carbocycles. The lowest BCUT2D eigenvalue weighted by Crippen LogP contribution is -2.39. The zero-order chi connectivity index (χ0) is 33.3. The summed E-state index contributed by atoms with van der Waals surface area (Å²) in [4.78, 5) is 13.6. The lowest BCUT2D eigenvalue weighted by Gasteiger charge is -2.17. The number of nitriles is 1. The monoisotopic (exact) mass is 725 g/mol. The first-order valence-electron chi connectivity index (χ1n) is 15.4. The molecule has 0 amide bonds. The number of halogens is 2. The number of carbonyl (C=O) groups is 1. The number of hydrogen-bond acceptors (Lipinski definition) is 9. The summed E-state index contributed by atoms with van der Waals surface area (Å²) in [6.45, 7) is 2.94. The first kappa shape index (κ1) is 34.6. The van der Waals surface area contributed by atoms with E-state index in [2.05, 4.69) is 43.0 Å². The van der Waals surface area contributed by atoms with Crippen molar-refractivity contribution in [3.8, 4) is 28.7 Å². The number of nitrogens with one attached hydrogen (secondary N) is 1. The molecule has 3 aromatic carbocycles. The Bertz CT molecular complexity index is 1740. The average Bonchev–Trinajstić information content (AvgIpc) is 3.68. The number of unbranched alkanes of at least 4 members (excludes halogenated alkanes) is 1. The molecule has 4 N–H and O–H groups in total. The smallest absolute Gasteiger partial charge is 0.323 e. The number of ether oxygens (including phenoxy) is 2. The highest BCUT2D eigenvalue weighted by Gasteiger charge is 2.20. The Labute approximate surface area is 286 Å². The number of benzene rings is 3. The lowest BCUT2D eigenvalue weighted by molar-refractivity contribution is -0.140. The molecule has 0 bridgehead atoms. The van der Waals surface area contributed by atoms with Crippen LogP contribution in [0, 0.1) is 11.3 Å². The summed E-state index contributed by atoms with van der Waals surface area (Å²) in [5.41, 5.74) is 4.49. The molecule has 1 saturated heterocycles. The molecule has 0 spiro atoms. The van der Waals surface area contributed by atoms with Crippen molar-refractivity contribution in [1.82, 2.24) is 20.0 Å². The Hall–Kier alpha value is -3.70. The summed E-state index contributed by atoms with van der Waals surface area (Å²) in [6.07, 6.45) is 4.63. The number of aliphatic hydroxyl groups excluding tert-OH is 2. The van der Waals surface area contributed by atoms with Crippen LogP contribution in [-0.2, 0) is 24.5 Å². The second kappa shape index (κ2) is 16.4. The van der Waals surface area contributed by atoms with Crippen LogP contribution in [0.15, 0.2) is 59.2 Å². The summed E-state index contributed by atoms with van der Waals surface area (Å²) >= 11 is 10.4. The molecule has 0 radical (unpaired) electrons. The van der Waals surface area contributed by atoms with Gasteiger partial charge in [-0.1, -0.05) is 41.9 Å². The van der Waals surface area contributed by atoms with Crippen molar-refractivity contribution in [2.24, 2.45) is 0 Å². The van der Waals surface area contributed by atoms with Gasteiger partial charge >= 0.3 is 5.97 Å². The fourth-order valence-electron chi connectivity index (χ4n) is 5.72. The standard InChI is InChI=1S/C34H37BrClN5O6/c35-33-22(21-47-32-16-31(46-14-10-37)23(15-28(32)36)17-38-29(20-42)34(44)45)5-3-7-26(33)25-6-4-8-30-27(25)18-39-41(30)12-2-1-11-40-13-9-24(43)19-40/h3-8,15-16,18,24,29,38,42-43H,1-2,9,11-14,17,19-21H2,(H,44,45)/t24-,29?/m1/s1. The minimum Gasteiger partial charge on any atom is -0.487 e. The molecular weight excluding hydrogens is 690 g/mol. The first-order chi connectivity index (χ1) is 22.8. The highest BCUT2D eigenvalue weighted by atomic mass is 79.9. The first-order valence-corrected chi connectivity index (χ1v) is 16.6. The number of likely N-dealkylation sites (tertiary alicyclic amines) is 1. The third kappa shape index (κ3) is 8.61. The van der Waals surface area contributed by atoms with Gasteiger partial charge < -0.3 is 29.7 Å². The lowest BCUT2D eigenvalue weighted by atomic mass is 10.00. The Morgan fingerprint density at radius 1 is 1.13 bits per heavy atom. The molecule has 47 heavy (non-hydrogen) atoms. The maximum absolute atomic E-state index is 11.3. The Morgan fingerprint density at radius 3 is 2.66 bits per heavy atom. The van der Waals surface area contributed by atoms with Gasteiger partial charge in [0.1, 0.15) is 30.2 Å². The van der Waals surface area contributed by atoms with Crippen LogP contribution in [0.5, 0.6) is 11.5 Å². The number of hydrogen-bond donors (Lipinski definition) is 4. The maximum Gasteiger partial charge on any atom is 0.323 e. The van der Waals surface area contributed by atoms with Gasteiger partial charge in [-0.25, -0.2) is 0 Å². The molecule has 248 valence electrons. The predicted molar refractivity (Wildman–Crippen MR) is 181 cm³/mol. The van der Waals surface area contributed by atoms with E-state index in [0.717, 1.165) is 77.5 Å². The van der Waals surface area contributed by atoms with Gasteiger partial charge in [-0.2, -0.15) is 10.4 Å². The van der Waals surface area contributed by atoms with Crippen LogP contribution in [0.3, 0.4) is 0 Å². The molecule has 13 heteroatoms. The van der Waals surface area contributed by atoms with E-state index in [0.29, 0.717) is 17.1 Å². The summed E-state index contributed by atoms with van der Waals surface area (Å²) in [5.74, 6) is -0.546. The second-order valence-corrected chi connectivity index (χ2v) is 12.6. The van der Waals surface area contributed by atoms with Gasteiger partial charge in [-0.05, 0) is 65.0 Å². The van der Waals surface area contributed by atoms with Crippen molar-refractivity contribution < 1.29 is 29.6 Å². The van der Waals surface area contributed by atoms with Crippen LogP contribution in [0.25, 0.3) is 22.0 Å². The Kier molecular flexibility index (Phi) is 12.1. The molecule has 1 aromatic heterocycles. The van der Waals surface area contributed by atoms with Crippen molar-refractivity contribution in [2.75, 3.05) is 32.8 Å². The van der Waals surface area contributed by atoms with E-state index in [1.165, 1.54) is 0 Å². The molecule has 1 fully saturated rings. The molecular formula is C34H37BrClN5O6. The second-order valence-electron chi connectivity index (χ2n) is 11.4. The highest BCUT2D eigenvalue weighted by Crippen LogP contribution is 2.38. The van der Waals surface area contributed by atoms with Crippen LogP contribution in [0.2, 0.25) is 5.02 Å². The molecule has 4 aromatic rings. The van der Waals surface area contributed by atoms with E-state index in [1.54, 1.807) is 12.1 Å². The number of β-amino-alcohol motifs (C(OH)–C–C–N with tert-alkyl or cyclic N) is 1. The van der Waals surface area contributed by atoms with Gasteiger partial charge in [0, 0.05) is 53.2 Å². The van der Waals surface area contributed by atoms with Gasteiger partial charge in [0.2, 0.25) is 0 Å². The van der Waals surface area contributed by atoms with Gasteiger partial charge in [-0.3, -0.25) is 14.8 Å². The largest absolute Gasteiger partial charge is 0.487 e. The SMILES string of the molecule is N#CCOc1cc(OCc2cccc(-c3cccc4c3cnn4CCCCN3CC[C@@H](O)C3)c2Br)c(Cl)cc1CNC(CO)C(=O)O. The number of carboxylic acids is 1. The molecule has 1 aliphatic heterocycles. The molecule has 5 rings (SSSR count). The van der Waals surface area contributed by atoms with E-state index in [9.17, 15) is 20.1 Å². The van der Waals surface area contributed by atoms with Gasteiger partial charge in [-0.15, -0.1) is 0 Å². The van der Waals surface area contributed by atoms with Crippen LogP contribution < -0.4 is 14.8 Å². The number of carboxylic acid groups (broad SMARTS) is 1. The number of aliphatic hydroxyl groups is 2. The van der Waals surface area contributed by atoms with Crippen LogP contribution in [0.4, 0.5) is 0 Å². The predicted octanol–water partition coefficient (Wildman–Crippen LogP) is 4.98. The summed E-state index contributed by atoms with van der Waals surface area (Å²) in [6, 6.07) is 16.1. The zero-order valence-electron chi connectivity index (χ0n) is 25.7. The van der Waals surface area contributed by atoms with Crippen molar-refractivity contribution in [1.29, 1.82) is 5.26 Å². The number of rotatable bonds is 16. The molecule has 2 atom stereocenters. The van der Waals surface area contributed by atoms with Crippen molar-refractivity contribution in [3.63, 3.8) is 0 Å².